The third kappa shape index (κ3) is 38.9. The Kier molecular flexibility index (Phi) is 40.0. The lowest BCUT2D eigenvalue weighted by Crippen LogP contribution is -2.28. The zero-order valence-electron chi connectivity index (χ0n) is 33.2. The zero-order valence-corrected chi connectivity index (χ0v) is 33.2. The molecule has 0 bridgehead atoms. The van der Waals surface area contributed by atoms with Crippen LogP contribution in [-0.2, 0) is 19.1 Å². The first-order chi connectivity index (χ1) is 24.6. The van der Waals surface area contributed by atoms with Gasteiger partial charge in [-0.2, -0.15) is 0 Å². The van der Waals surface area contributed by atoms with Gasteiger partial charge >= 0.3 is 11.9 Å². The third-order valence-corrected chi connectivity index (χ3v) is 9.38. The van der Waals surface area contributed by atoms with E-state index in [9.17, 15) is 14.7 Å². The third-order valence-electron chi connectivity index (χ3n) is 9.38. The van der Waals surface area contributed by atoms with E-state index in [4.69, 9.17) is 9.47 Å². The molecule has 5 nitrogen and oxygen atoms in total. The number of aliphatic hydroxyl groups excluding tert-OH is 1. The van der Waals surface area contributed by atoms with E-state index in [0.29, 0.717) is 19.3 Å². The highest BCUT2D eigenvalue weighted by Gasteiger charge is 2.16. The molecule has 0 aliphatic heterocycles. The summed E-state index contributed by atoms with van der Waals surface area (Å²) in [5.41, 5.74) is 0. The topological polar surface area (TPSA) is 72.8 Å². The maximum atomic E-state index is 12.2. The van der Waals surface area contributed by atoms with E-state index < -0.39 is 6.10 Å². The number of hydrogen-bond donors (Lipinski definition) is 1. The number of esters is 2. The Balaban J connectivity index is 3.57. The standard InChI is InChI=1S/C45H82O5/c1-3-5-7-9-11-13-15-17-18-19-20-21-22-23-24-25-26-28-30-32-34-36-38-40-45(48)50-43(41-46)42-49-44(47)39-37-35-33-31-29-27-16-14-12-10-8-6-4-2/h14,16,25-26,32,34,43,46H,3-13,15,17-24,27-31,33,35-42H2,1-2H3/b16-14+,26-25+,34-32+/t43-/m0/s1. The summed E-state index contributed by atoms with van der Waals surface area (Å²) in [5, 5.41) is 9.55. The van der Waals surface area contributed by atoms with Gasteiger partial charge in [-0.1, -0.05) is 172 Å². The number of aliphatic hydroxyl groups is 1. The molecule has 0 heterocycles. The van der Waals surface area contributed by atoms with Crippen LogP contribution in [0.3, 0.4) is 0 Å². The maximum absolute atomic E-state index is 12.2. The Bertz CT molecular complexity index is 801. The van der Waals surface area contributed by atoms with E-state index in [-0.39, 0.29) is 25.2 Å². The number of unbranched alkanes of at least 4 members (excludes halogenated alkanes) is 25. The fraction of sp³-hybridized carbons (Fsp3) is 0.822. The molecule has 0 aromatic rings. The highest BCUT2D eigenvalue weighted by molar-refractivity contribution is 5.70. The van der Waals surface area contributed by atoms with Crippen molar-refractivity contribution in [3.63, 3.8) is 0 Å². The summed E-state index contributed by atoms with van der Waals surface area (Å²) >= 11 is 0. The van der Waals surface area contributed by atoms with Crippen molar-refractivity contribution in [3.8, 4) is 0 Å². The highest BCUT2D eigenvalue weighted by atomic mass is 16.6. The van der Waals surface area contributed by atoms with E-state index in [2.05, 4.69) is 50.3 Å². The van der Waals surface area contributed by atoms with Crippen LogP contribution in [0.1, 0.15) is 219 Å². The molecular weight excluding hydrogens is 620 g/mol. The molecule has 0 aliphatic carbocycles. The van der Waals surface area contributed by atoms with Crippen molar-refractivity contribution in [2.24, 2.45) is 0 Å². The summed E-state index contributed by atoms with van der Waals surface area (Å²) in [6.07, 6.45) is 50.9. The molecule has 0 saturated carbocycles. The van der Waals surface area contributed by atoms with Crippen molar-refractivity contribution in [1.82, 2.24) is 0 Å². The zero-order chi connectivity index (χ0) is 36.4. The minimum atomic E-state index is -0.794. The van der Waals surface area contributed by atoms with Crippen LogP contribution >= 0.6 is 0 Å². The van der Waals surface area contributed by atoms with E-state index in [1.807, 2.05) is 0 Å². The molecule has 0 amide bonds. The van der Waals surface area contributed by atoms with Gasteiger partial charge in [-0.15, -0.1) is 0 Å². The molecule has 0 fully saturated rings. The van der Waals surface area contributed by atoms with E-state index in [0.717, 1.165) is 44.9 Å². The molecule has 0 aromatic carbocycles. The smallest absolute Gasteiger partial charge is 0.306 e. The SMILES string of the molecule is CCCCCC/C=C/CCCCCCCC(=O)OC[C@H](CO)OC(=O)CCC/C=C/CC/C=C/CCCCCCCCCCCCCCCC. The molecule has 0 aliphatic rings. The molecule has 0 saturated heterocycles. The summed E-state index contributed by atoms with van der Waals surface area (Å²) in [5.74, 6) is -0.647. The summed E-state index contributed by atoms with van der Waals surface area (Å²) in [4.78, 5) is 24.2. The van der Waals surface area contributed by atoms with Crippen molar-refractivity contribution < 1.29 is 24.2 Å². The Morgan fingerprint density at radius 1 is 0.440 bits per heavy atom. The second-order valence-corrected chi connectivity index (χ2v) is 14.4. The number of carbonyl (C=O) groups is 2. The van der Waals surface area contributed by atoms with Gasteiger partial charge in [0.05, 0.1) is 6.61 Å². The van der Waals surface area contributed by atoms with Gasteiger partial charge in [0, 0.05) is 12.8 Å². The molecule has 50 heavy (non-hydrogen) atoms. The Morgan fingerprint density at radius 3 is 1.22 bits per heavy atom. The Morgan fingerprint density at radius 2 is 0.780 bits per heavy atom. The second-order valence-electron chi connectivity index (χ2n) is 14.4. The second kappa shape index (κ2) is 41.5. The minimum absolute atomic E-state index is 0.0846. The average molecular weight is 703 g/mol. The quantitative estimate of drug-likeness (QED) is 0.0392. The van der Waals surface area contributed by atoms with Crippen molar-refractivity contribution in [3.05, 3.63) is 36.5 Å². The molecule has 1 atom stereocenters. The lowest BCUT2D eigenvalue weighted by molar-refractivity contribution is -0.161. The molecule has 0 radical (unpaired) electrons. The summed E-state index contributed by atoms with van der Waals surface area (Å²) < 4.78 is 10.6. The normalized spacial score (nSPS) is 12.5. The van der Waals surface area contributed by atoms with Crippen LogP contribution in [0.15, 0.2) is 36.5 Å². The fourth-order valence-electron chi connectivity index (χ4n) is 6.10. The lowest BCUT2D eigenvalue weighted by Gasteiger charge is -2.15. The molecular formula is C45H82O5. The number of hydrogen-bond acceptors (Lipinski definition) is 5. The first-order valence-electron chi connectivity index (χ1n) is 21.5. The van der Waals surface area contributed by atoms with Crippen LogP contribution in [0, 0.1) is 0 Å². The van der Waals surface area contributed by atoms with Gasteiger partial charge in [0.2, 0.25) is 0 Å². The van der Waals surface area contributed by atoms with Crippen molar-refractivity contribution in [2.75, 3.05) is 13.2 Å². The van der Waals surface area contributed by atoms with Gasteiger partial charge in [0.15, 0.2) is 6.10 Å². The van der Waals surface area contributed by atoms with E-state index >= 15 is 0 Å². The lowest BCUT2D eigenvalue weighted by atomic mass is 10.0. The van der Waals surface area contributed by atoms with Crippen LogP contribution in [0.5, 0.6) is 0 Å². The first kappa shape index (κ1) is 48.1. The van der Waals surface area contributed by atoms with Gasteiger partial charge in [-0.05, 0) is 70.6 Å². The van der Waals surface area contributed by atoms with Gasteiger partial charge in [0.25, 0.3) is 0 Å². The highest BCUT2D eigenvalue weighted by Crippen LogP contribution is 2.14. The minimum Gasteiger partial charge on any atom is -0.462 e. The van der Waals surface area contributed by atoms with Crippen LogP contribution in [0.25, 0.3) is 0 Å². The first-order valence-corrected chi connectivity index (χ1v) is 21.5. The molecule has 0 rings (SSSR count). The monoisotopic (exact) mass is 703 g/mol. The molecule has 0 unspecified atom stereocenters. The van der Waals surface area contributed by atoms with Crippen molar-refractivity contribution in [1.29, 1.82) is 0 Å². The predicted octanol–water partition coefficient (Wildman–Crippen LogP) is 13.6. The fourth-order valence-corrected chi connectivity index (χ4v) is 6.10. The van der Waals surface area contributed by atoms with Gasteiger partial charge < -0.3 is 14.6 Å². The van der Waals surface area contributed by atoms with Crippen molar-refractivity contribution in [2.45, 2.75) is 225 Å². The number of rotatable bonds is 39. The van der Waals surface area contributed by atoms with E-state index in [1.54, 1.807) is 0 Å². The maximum Gasteiger partial charge on any atom is 0.306 e. The Hall–Kier alpha value is -1.88. The predicted molar refractivity (Wildman–Crippen MR) is 214 cm³/mol. The van der Waals surface area contributed by atoms with Crippen LogP contribution in [0.2, 0.25) is 0 Å². The van der Waals surface area contributed by atoms with Gasteiger partial charge in [0.1, 0.15) is 6.61 Å². The summed E-state index contributed by atoms with van der Waals surface area (Å²) in [7, 11) is 0. The average Bonchev–Trinajstić information content (AvgIpc) is 3.12. The van der Waals surface area contributed by atoms with Crippen molar-refractivity contribution >= 4 is 11.9 Å². The van der Waals surface area contributed by atoms with E-state index in [1.165, 1.54) is 141 Å². The number of carbonyl (C=O) groups excluding carboxylic acids is 2. The molecule has 1 N–H and O–H groups in total. The Labute approximate surface area is 310 Å². The molecule has 5 heteroatoms. The molecule has 0 aromatic heterocycles. The summed E-state index contributed by atoms with van der Waals surface area (Å²) in [6, 6.07) is 0. The van der Waals surface area contributed by atoms with Gasteiger partial charge in [-0.3, -0.25) is 9.59 Å². The van der Waals surface area contributed by atoms with Gasteiger partial charge in [-0.25, -0.2) is 0 Å². The number of allylic oxidation sites excluding steroid dienone is 6. The molecule has 0 spiro atoms. The van der Waals surface area contributed by atoms with Crippen LogP contribution < -0.4 is 0 Å². The van der Waals surface area contributed by atoms with Crippen LogP contribution in [-0.4, -0.2) is 36.4 Å². The number of ether oxygens (including phenoxy) is 2. The largest absolute Gasteiger partial charge is 0.462 e. The summed E-state index contributed by atoms with van der Waals surface area (Å²) in [6.45, 7) is 4.09. The molecule has 292 valence electrons. The van der Waals surface area contributed by atoms with Crippen LogP contribution in [0.4, 0.5) is 0 Å².